The molecule has 1 atom stereocenters. The number of para-hydroxylation sites is 1. The Morgan fingerprint density at radius 3 is 2.80 bits per heavy atom. The maximum absolute atomic E-state index is 12.5. The minimum Gasteiger partial charge on any atom is -0.354 e. The maximum Gasteiger partial charge on any atom is 0.262 e. The number of carbonyl (C=O) groups excluding carboxylic acids is 1. The number of unbranched alkanes of at least 4 members (excludes halogenated alkanes) is 2. The average Bonchev–Trinajstić information content (AvgIpc) is 2.57. The van der Waals surface area contributed by atoms with Crippen molar-refractivity contribution in [2.45, 2.75) is 65.0 Å². The van der Waals surface area contributed by atoms with Gasteiger partial charge in [-0.25, -0.2) is 0 Å². The van der Waals surface area contributed by atoms with Gasteiger partial charge in [-0.3, -0.25) is 14.2 Å². The van der Waals surface area contributed by atoms with E-state index in [1.165, 1.54) is 0 Å². The quantitative estimate of drug-likeness (QED) is 0.525. The first kappa shape index (κ1) is 19.4. The molecule has 0 fully saturated rings. The maximum atomic E-state index is 12.5. The second-order valence-corrected chi connectivity index (χ2v) is 6.89. The third-order valence-electron chi connectivity index (χ3n) is 4.30. The van der Waals surface area contributed by atoms with Gasteiger partial charge < -0.3 is 10.3 Å². The summed E-state index contributed by atoms with van der Waals surface area (Å²) in [6.45, 7) is 4.73. The molecule has 0 aliphatic heterocycles. The first-order chi connectivity index (χ1) is 12.0. The summed E-state index contributed by atoms with van der Waals surface area (Å²) in [6.07, 6.45) is 5.16. The van der Waals surface area contributed by atoms with Crippen molar-refractivity contribution in [3.05, 3.63) is 39.4 Å². The summed E-state index contributed by atoms with van der Waals surface area (Å²) < 4.78 is 2.07. The van der Waals surface area contributed by atoms with Crippen molar-refractivity contribution in [1.82, 2.24) is 14.9 Å². The van der Waals surface area contributed by atoms with E-state index in [1.54, 1.807) is 10.6 Å². The van der Waals surface area contributed by atoms with Gasteiger partial charge in [0.15, 0.2) is 4.77 Å². The highest BCUT2D eigenvalue weighted by Gasteiger charge is 2.07. The lowest BCUT2D eigenvalue weighted by Gasteiger charge is -2.12. The van der Waals surface area contributed by atoms with Gasteiger partial charge in [0.05, 0.1) is 10.9 Å². The van der Waals surface area contributed by atoms with Crippen LogP contribution in [0.5, 0.6) is 0 Å². The number of aromatic amines is 1. The van der Waals surface area contributed by atoms with Crippen LogP contribution in [0, 0.1) is 4.77 Å². The second kappa shape index (κ2) is 9.51. The zero-order valence-electron chi connectivity index (χ0n) is 15.0. The van der Waals surface area contributed by atoms with Crippen LogP contribution in [0.15, 0.2) is 29.1 Å². The number of hydrogen-bond donors (Lipinski definition) is 2. The van der Waals surface area contributed by atoms with Gasteiger partial charge in [-0.2, -0.15) is 0 Å². The van der Waals surface area contributed by atoms with Crippen molar-refractivity contribution >= 4 is 29.0 Å². The lowest BCUT2D eigenvalue weighted by atomic mass is 10.1. The van der Waals surface area contributed by atoms with Crippen LogP contribution in [0.1, 0.15) is 52.4 Å². The molecular formula is C19H27N3O2S. The molecule has 0 radical (unpaired) electrons. The molecule has 25 heavy (non-hydrogen) atoms. The largest absolute Gasteiger partial charge is 0.354 e. The Morgan fingerprint density at radius 1 is 1.28 bits per heavy atom. The molecule has 1 unspecified atom stereocenters. The number of fused-ring (bicyclic) bond motifs is 1. The fraction of sp³-hybridized carbons (Fsp3) is 0.526. The number of amides is 1. The van der Waals surface area contributed by atoms with Gasteiger partial charge in [-0.15, -0.1) is 0 Å². The Morgan fingerprint density at radius 2 is 2.04 bits per heavy atom. The average molecular weight is 362 g/mol. The monoisotopic (exact) mass is 361 g/mol. The number of rotatable bonds is 9. The summed E-state index contributed by atoms with van der Waals surface area (Å²) in [5.74, 6) is 0.112. The lowest BCUT2D eigenvalue weighted by Crippen LogP contribution is -2.32. The summed E-state index contributed by atoms with van der Waals surface area (Å²) in [5, 5.41) is 3.67. The summed E-state index contributed by atoms with van der Waals surface area (Å²) in [7, 11) is 0. The van der Waals surface area contributed by atoms with Crippen LogP contribution in [-0.2, 0) is 11.3 Å². The molecule has 2 rings (SSSR count). The SMILES string of the molecule is CCCC(C)NC(=O)CCCCCn1c(=S)[nH]c2ccccc2c1=O. The molecule has 2 aromatic rings. The van der Waals surface area contributed by atoms with E-state index in [9.17, 15) is 9.59 Å². The van der Waals surface area contributed by atoms with Crippen LogP contribution in [-0.4, -0.2) is 21.5 Å². The highest BCUT2D eigenvalue weighted by Crippen LogP contribution is 2.08. The summed E-state index contributed by atoms with van der Waals surface area (Å²) in [5.41, 5.74) is 0.720. The predicted molar refractivity (Wildman–Crippen MR) is 104 cm³/mol. The van der Waals surface area contributed by atoms with Crippen molar-refractivity contribution in [2.75, 3.05) is 0 Å². The fourth-order valence-electron chi connectivity index (χ4n) is 2.99. The molecule has 0 aliphatic carbocycles. The van der Waals surface area contributed by atoms with Crippen LogP contribution in [0.25, 0.3) is 10.9 Å². The lowest BCUT2D eigenvalue weighted by molar-refractivity contribution is -0.121. The van der Waals surface area contributed by atoms with Crippen LogP contribution < -0.4 is 10.9 Å². The number of aromatic nitrogens is 2. The Hall–Kier alpha value is -1.95. The number of benzene rings is 1. The summed E-state index contributed by atoms with van der Waals surface area (Å²) in [6, 6.07) is 7.63. The van der Waals surface area contributed by atoms with Crippen molar-refractivity contribution in [1.29, 1.82) is 0 Å². The Labute approximate surface area is 153 Å². The van der Waals surface area contributed by atoms with E-state index in [1.807, 2.05) is 25.1 Å². The van der Waals surface area contributed by atoms with Crippen LogP contribution in [0.3, 0.4) is 0 Å². The second-order valence-electron chi connectivity index (χ2n) is 6.50. The molecule has 5 nitrogen and oxygen atoms in total. The van der Waals surface area contributed by atoms with E-state index < -0.39 is 0 Å². The standard InChI is InChI=1S/C19H27N3O2S/c1-3-9-14(2)20-17(23)12-5-4-8-13-22-18(24)15-10-6-7-11-16(15)21-19(22)25/h6-7,10-11,14H,3-5,8-9,12-13H2,1-2H3,(H,20,23)(H,21,25). The normalized spacial score (nSPS) is 12.2. The number of carbonyl (C=O) groups is 1. The molecule has 6 heteroatoms. The number of nitrogens with one attached hydrogen (secondary N) is 2. The molecule has 0 saturated carbocycles. The van der Waals surface area contributed by atoms with Gasteiger partial charge in [0, 0.05) is 19.0 Å². The zero-order valence-corrected chi connectivity index (χ0v) is 15.8. The first-order valence-corrected chi connectivity index (χ1v) is 9.45. The molecule has 2 N–H and O–H groups in total. The molecule has 136 valence electrons. The van der Waals surface area contributed by atoms with Crippen molar-refractivity contribution in [3.63, 3.8) is 0 Å². The number of hydrogen-bond acceptors (Lipinski definition) is 3. The predicted octanol–water partition coefficient (Wildman–Crippen LogP) is 3.92. The number of H-pyrrole nitrogens is 1. The van der Waals surface area contributed by atoms with Gasteiger partial charge in [-0.1, -0.05) is 31.9 Å². The third kappa shape index (κ3) is 5.53. The van der Waals surface area contributed by atoms with Gasteiger partial charge in [0.2, 0.25) is 5.91 Å². The van der Waals surface area contributed by atoms with Gasteiger partial charge in [0.25, 0.3) is 5.56 Å². The molecule has 1 aromatic heterocycles. The van der Waals surface area contributed by atoms with E-state index in [0.29, 0.717) is 23.1 Å². The minimum absolute atomic E-state index is 0.0505. The summed E-state index contributed by atoms with van der Waals surface area (Å²) >= 11 is 5.30. The van der Waals surface area contributed by atoms with Gasteiger partial charge >= 0.3 is 0 Å². The van der Waals surface area contributed by atoms with E-state index >= 15 is 0 Å². The molecule has 0 aliphatic rings. The van der Waals surface area contributed by atoms with E-state index in [0.717, 1.165) is 37.6 Å². The smallest absolute Gasteiger partial charge is 0.262 e. The van der Waals surface area contributed by atoms with E-state index in [2.05, 4.69) is 17.2 Å². The van der Waals surface area contributed by atoms with Crippen LogP contribution in [0.4, 0.5) is 0 Å². The molecule has 1 aromatic carbocycles. The van der Waals surface area contributed by atoms with Crippen molar-refractivity contribution in [3.8, 4) is 0 Å². The van der Waals surface area contributed by atoms with Gasteiger partial charge in [0.1, 0.15) is 0 Å². The molecular weight excluding hydrogens is 334 g/mol. The number of nitrogens with zero attached hydrogens (tertiary/aromatic N) is 1. The molecule has 0 bridgehead atoms. The van der Waals surface area contributed by atoms with Crippen molar-refractivity contribution in [2.24, 2.45) is 0 Å². The third-order valence-corrected chi connectivity index (χ3v) is 4.63. The van der Waals surface area contributed by atoms with E-state index in [-0.39, 0.29) is 17.5 Å². The van der Waals surface area contributed by atoms with Crippen LogP contribution in [0.2, 0.25) is 0 Å². The first-order valence-electron chi connectivity index (χ1n) is 9.04. The molecule has 0 spiro atoms. The minimum atomic E-state index is -0.0505. The van der Waals surface area contributed by atoms with Crippen molar-refractivity contribution < 1.29 is 4.79 Å². The Balaban J connectivity index is 1.83. The van der Waals surface area contributed by atoms with Gasteiger partial charge in [-0.05, 0) is 50.5 Å². The van der Waals surface area contributed by atoms with Crippen LogP contribution >= 0.6 is 12.2 Å². The topological polar surface area (TPSA) is 66.9 Å². The Bertz CT molecular complexity index is 825. The summed E-state index contributed by atoms with van der Waals surface area (Å²) in [4.78, 5) is 27.4. The fourth-order valence-corrected chi connectivity index (χ4v) is 3.27. The highest BCUT2D eigenvalue weighted by atomic mass is 32.1. The molecule has 0 saturated heterocycles. The highest BCUT2D eigenvalue weighted by molar-refractivity contribution is 7.71. The molecule has 1 amide bonds. The molecule has 1 heterocycles. The zero-order chi connectivity index (χ0) is 18.2. The Kier molecular flexibility index (Phi) is 7.37. The van der Waals surface area contributed by atoms with E-state index in [4.69, 9.17) is 12.2 Å².